The summed E-state index contributed by atoms with van der Waals surface area (Å²) in [6.07, 6.45) is 0.298. The number of fused-ring (bicyclic) bond motifs is 1. The van der Waals surface area contributed by atoms with Crippen molar-refractivity contribution in [1.29, 1.82) is 0 Å². The van der Waals surface area contributed by atoms with Crippen LogP contribution in [0.5, 0.6) is 0 Å². The maximum Gasteiger partial charge on any atom is 0.261 e. The first kappa shape index (κ1) is 33.1. The Morgan fingerprint density at radius 1 is 0.543 bits per heavy atom. The van der Waals surface area contributed by atoms with Crippen LogP contribution in [0.3, 0.4) is 0 Å². The Labute approximate surface area is 278 Å². The normalized spacial score (nSPS) is 24.0. The molecule has 2 aliphatic rings. The lowest BCUT2D eigenvalue weighted by atomic mass is 9.78. The van der Waals surface area contributed by atoms with Gasteiger partial charge in [0.2, 0.25) is 0 Å². The van der Waals surface area contributed by atoms with E-state index in [-0.39, 0.29) is 34.1 Å². The standard InChI is InChI=1S/C40H50O4Si2/c1-39(2,3)45(31-19-11-7-12-20-31,32-21-13-8-14-22-32)43-36-27-30-29-42-38(41)35(30)28-37(36)44-46(40(4,5)6,33-23-15-9-16-24-33)34-25-17-10-18-26-34/h7-26,30,35-38,41H,27-29H2,1-6H3/t30-,35-,36+,37-,38-/m1/s1. The number of benzene rings is 4. The van der Waals surface area contributed by atoms with Gasteiger partial charge in [0.05, 0.1) is 18.8 Å². The predicted octanol–water partition coefficient (Wildman–Crippen LogP) is 6.25. The Kier molecular flexibility index (Phi) is 9.33. The summed E-state index contributed by atoms with van der Waals surface area (Å²) in [5, 5.41) is 15.7. The molecule has 6 heteroatoms. The fourth-order valence-corrected chi connectivity index (χ4v) is 17.6. The van der Waals surface area contributed by atoms with Crippen LogP contribution in [-0.2, 0) is 13.6 Å². The summed E-state index contributed by atoms with van der Waals surface area (Å²) in [4.78, 5) is 0. The van der Waals surface area contributed by atoms with Crippen molar-refractivity contribution in [1.82, 2.24) is 0 Å². The van der Waals surface area contributed by atoms with Crippen LogP contribution in [-0.4, -0.2) is 46.8 Å². The molecule has 4 aromatic rings. The van der Waals surface area contributed by atoms with Crippen molar-refractivity contribution >= 4 is 37.4 Å². The average Bonchev–Trinajstić information content (AvgIpc) is 3.41. The van der Waals surface area contributed by atoms with Crippen molar-refractivity contribution in [3.05, 3.63) is 121 Å². The van der Waals surface area contributed by atoms with E-state index in [9.17, 15) is 5.11 Å². The van der Waals surface area contributed by atoms with Crippen LogP contribution >= 0.6 is 0 Å². The Balaban J connectivity index is 1.53. The maximum absolute atomic E-state index is 11.0. The summed E-state index contributed by atoms with van der Waals surface area (Å²) < 4.78 is 21.7. The van der Waals surface area contributed by atoms with E-state index in [1.54, 1.807) is 0 Å². The summed E-state index contributed by atoms with van der Waals surface area (Å²) in [5.74, 6) is 0.236. The third kappa shape index (κ3) is 5.89. The molecule has 1 aliphatic carbocycles. The zero-order valence-corrected chi connectivity index (χ0v) is 30.2. The first-order valence-electron chi connectivity index (χ1n) is 16.8. The second-order valence-corrected chi connectivity index (χ2v) is 23.8. The number of hydrogen-bond acceptors (Lipinski definition) is 4. The molecule has 0 spiro atoms. The van der Waals surface area contributed by atoms with E-state index in [4.69, 9.17) is 13.6 Å². The zero-order chi connectivity index (χ0) is 32.6. The minimum Gasteiger partial charge on any atom is -0.402 e. The number of aliphatic hydroxyl groups is 1. The van der Waals surface area contributed by atoms with E-state index < -0.39 is 22.9 Å². The molecule has 1 aliphatic heterocycles. The van der Waals surface area contributed by atoms with Crippen molar-refractivity contribution < 1.29 is 18.7 Å². The maximum atomic E-state index is 11.0. The molecular weight excluding hydrogens is 601 g/mol. The molecule has 5 atom stereocenters. The molecule has 1 N–H and O–H groups in total. The molecule has 0 bridgehead atoms. The van der Waals surface area contributed by atoms with Gasteiger partial charge in [-0.3, -0.25) is 0 Å². The van der Waals surface area contributed by atoms with E-state index in [0.717, 1.165) is 6.42 Å². The Hall–Kier alpha value is -2.85. The second-order valence-electron chi connectivity index (χ2n) is 15.3. The first-order chi connectivity index (χ1) is 22.0. The third-order valence-electron chi connectivity index (χ3n) is 10.4. The first-order valence-corrected chi connectivity index (χ1v) is 20.7. The summed E-state index contributed by atoms with van der Waals surface area (Å²) in [7, 11) is -5.80. The van der Waals surface area contributed by atoms with Crippen molar-refractivity contribution in [3.63, 3.8) is 0 Å². The molecular formula is C40H50O4Si2. The molecule has 0 amide bonds. The van der Waals surface area contributed by atoms with E-state index >= 15 is 0 Å². The molecule has 0 radical (unpaired) electrons. The van der Waals surface area contributed by atoms with Gasteiger partial charge in [0, 0.05) is 5.92 Å². The van der Waals surface area contributed by atoms with Crippen molar-refractivity contribution in [2.24, 2.45) is 11.8 Å². The monoisotopic (exact) mass is 650 g/mol. The van der Waals surface area contributed by atoms with Crippen LogP contribution in [0.15, 0.2) is 121 Å². The molecule has 6 rings (SSSR count). The minimum atomic E-state index is -2.91. The van der Waals surface area contributed by atoms with Gasteiger partial charge in [-0.1, -0.05) is 163 Å². The average molecular weight is 651 g/mol. The van der Waals surface area contributed by atoms with Crippen LogP contribution in [0.1, 0.15) is 54.4 Å². The lowest BCUT2D eigenvalue weighted by Gasteiger charge is -2.52. The Morgan fingerprint density at radius 2 is 0.870 bits per heavy atom. The molecule has 0 aromatic heterocycles. The van der Waals surface area contributed by atoms with Crippen LogP contribution in [0.2, 0.25) is 10.1 Å². The van der Waals surface area contributed by atoms with Crippen molar-refractivity contribution in [3.8, 4) is 0 Å². The van der Waals surface area contributed by atoms with Gasteiger partial charge >= 0.3 is 0 Å². The Bertz CT molecular complexity index is 1470. The smallest absolute Gasteiger partial charge is 0.261 e. The second kappa shape index (κ2) is 13.0. The number of hydrogen-bond donors (Lipinski definition) is 1. The van der Waals surface area contributed by atoms with Crippen LogP contribution < -0.4 is 20.7 Å². The van der Waals surface area contributed by atoms with Gasteiger partial charge in [-0.25, -0.2) is 0 Å². The topological polar surface area (TPSA) is 47.9 Å². The molecule has 4 aromatic carbocycles. The highest BCUT2D eigenvalue weighted by atomic mass is 28.4. The molecule has 242 valence electrons. The highest BCUT2D eigenvalue weighted by Crippen LogP contribution is 2.47. The molecule has 1 saturated heterocycles. The summed E-state index contributed by atoms with van der Waals surface area (Å²) in [6.45, 7) is 14.6. The molecule has 1 saturated carbocycles. The van der Waals surface area contributed by atoms with E-state index in [1.165, 1.54) is 20.7 Å². The van der Waals surface area contributed by atoms with Gasteiger partial charge in [-0.2, -0.15) is 0 Å². The Morgan fingerprint density at radius 3 is 1.20 bits per heavy atom. The predicted molar refractivity (Wildman–Crippen MR) is 193 cm³/mol. The van der Waals surface area contributed by atoms with Gasteiger partial charge in [0.1, 0.15) is 0 Å². The molecule has 46 heavy (non-hydrogen) atoms. The SMILES string of the molecule is CC(C)(C)[Si](O[C@H]1C[C@@H]2CO[C@@H](O)[C@@H]2C[C@H]1O[Si](c1ccccc1)(c1ccccc1)C(C)(C)C)(c1ccccc1)c1ccccc1. The number of ether oxygens (including phenoxy) is 1. The minimum absolute atomic E-state index is 0.0159. The molecule has 1 heterocycles. The van der Waals surface area contributed by atoms with Crippen LogP contribution in [0.25, 0.3) is 0 Å². The summed E-state index contributed by atoms with van der Waals surface area (Å²) in [6, 6.07) is 43.5. The lowest BCUT2D eigenvalue weighted by molar-refractivity contribution is -0.0994. The van der Waals surface area contributed by atoms with Gasteiger partial charge in [0.25, 0.3) is 16.6 Å². The van der Waals surface area contributed by atoms with Gasteiger partial charge in [-0.15, -0.1) is 0 Å². The van der Waals surface area contributed by atoms with Gasteiger partial charge < -0.3 is 18.7 Å². The van der Waals surface area contributed by atoms with Crippen LogP contribution in [0, 0.1) is 11.8 Å². The number of rotatable bonds is 8. The summed E-state index contributed by atoms with van der Waals surface area (Å²) in [5.41, 5.74) is 0. The third-order valence-corrected chi connectivity index (χ3v) is 20.5. The van der Waals surface area contributed by atoms with Gasteiger partial charge in [-0.05, 0) is 49.6 Å². The van der Waals surface area contributed by atoms with Crippen molar-refractivity contribution in [2.75, 3.05) is 6.61 Å². The van der Waals surface area contributed by atoms with E-state index in [2.05, 4.69) is 163 Å². The fraction of sp³-hybridized carbons (Fsp3) is 0.400. The fourth-order valence-electron chi connectivity index (χ4n) is 8.21. The summed E-state index contributed by atoms with van der Waals surface area (Å²) >= 11 is 0. The highest BCUT2D eigenvalue weighted by molar-refractivity contribution is 7.00. The van der Waals surface area contributed by atoms with Gasteiger partial charge in [0.15, 0.2) is 6.29 Å². The molecule has 0 unspecified atom stereocenters. The number of aliphatic hydroxyl groups excluding tert-OH is 1. The van der Waals surface area contributed by atoms with E-state index in [0.29, 0.717) is 13.0 Å². The van der Waals surface area contributed by atoms with E-state index in [1.807, 2.05) is 0 Å². The highest BCUT2D eigenvalue weighted by Gasteiger charge is 2.58. The van der Waals surface area contributed by atoms with Crippen molar-refractivity contribution in [2.45, 2.75) is 83.0 Å². The molecule has 2 fully saturated rings. The molecule has 4 nitrogen and oxygen atoms in total. The largest absolute Gasteiger partial charge is 0.402 e. The zero-order valence-electron chi connectivity index (χ0n) is 28.2. The van der Waals surface area contributed by atoms with Crippen LogP contribution in [0.4, 0.5) is 0 Å². The lowest BCUT2D eigenvalue weighted by Crippen LogP contribution is -2.71. The quantitative estimate of drug-likeness (QED) is 0.229.